The van der Waals surface area contributed by atoms with Gasteiger partial charge in [0.1, 0.15) is 5.82 Å². The Morgan fingerprint density at radius 3 is 2.61 bits per heavy atom. The largest absolute Gasteiger partial charge is 0.354 e. The summed E-state index contributed by atoms with van der Waals surface area (Å²) in [7, 11) is 3.87. The van der Waals surface area contributed by atoms with Crippen molar-refractivity contribution in [3.63, 3.8) is 0 Å². The highest BCUT2D eigenvalue weighted by atomic mass is 35.5. The van der Waals surface area contributed by atoms with E-state index in [1.165, 1.54) is 12.1 Å². The van der Waals surface area contributed by atoms with Crippen LogP contribution in [0.5, 0.6) is 0 Å². The number of nitrogens with zero attached hydrogens (tertiary/aromatic N) is 1. The van der Waals surface area contributed by atoms with Gasteiger partial charge in [-0.2, -0.15) is 0 Å². The summed E-state index contributed by atoms with van der Waals surface area (Å²) < 4.78 is 13.2. The Morgan fingerprint density at radius 2 is 1.96 bits per heavy atom. The van der Waals surface area contributed by atoms with Gasteiger partial charge in [0.05, 0.1) is 12.5 Å². The van der Waals surface area contributed by atoms with E-state index in [0.29, 0.717) is 17.1 Å². The van der Waals surface area contributed by atoms with Gasteiger partial charge in [0.25, 0.3) is 0 Å². The number of hydrogen-bond acceptors (Lipinski definition) is 2. The summed E-state index contributed by atoms with van der Waals surface area (Å²) >= 11 is 6.24. The molecule has 0 heterocycles. The molecule has 2 aromatic carbocycles. The number of amides is 1. The summed E-state index contributed by atoms with van der Waals surface area (Å²) in [6.07, 6.45) is 0.153. The Morgan fingerprint density at radius 1 is 1.22 bits per heavy atom. The van der Waals surface area contributed by atoms with Crippen LogP contribution in [-0.4, -0.2) is 31.4 Å². The Hall–Kier alpha value is -1.91. The molecule has 0 radical (unpaired) electrons. The third kappa shape index (κ3) is 5.05. The highest BCUT2D eigenvalue weighted by Gasteiger charge is 2.17. The molecule has 0 aliphatic heterocycles. The van der Waals surface area contributed by atoms with Crippen molar-refractivity contribution >= 4 is 17.5 Å². The van der Waals surface area contributed by atoms with Crippen LogP contribution in [0.15, 0.2) is 48.5 Å². The number of rotatable bonds is 6. The molecular formula is C18H20ClFN2O. The first-order valence-electron chi connectivity index (χ1n) is 7.39. The number of benzene rings is 2. The Balaban J connectivity index is 1.99. The normalized spacial score (nSPS) is 12.2. The van der Waals surface area contributed by atoms with Crippen molar-refractivity contribution in [1.29, 1.82) is 0 Å². The molecule has 0 fully saturated rings. The van der Waals surface area contributed by atoms with Crippen molar-refractivity contribution in [2.45, 2.75) is 12.5 Å². The summed E-state index contributed by atoms with van der Waals surface area (Å²) in [6, 6.07) is 13.6. The van der Waals surface area contributed by atoms with Gasteiger partial charge < -0.3 is 10.2 Å². The van der Waals surface area contributed by atoms with Crippen LogP contribution in [0.1, 0.15) is 17.2 Å². The molecule has 1 atom stereocenters. The van der Waals surface area contributed by atoms with Gasteiger partial charge in [-0.1, -0.05) is 41.9 Å². The van der Waals surface area contributed by atoms with E-state index < -0.39 is 0 Å². The first-order chi connectivity index (χ1) is 11.0. The van der Waals surface area contributed by atoms with Crippen LogP contribution < -0.4 is 5.32 Å². The number of hydrogen-bond donors (Lipinski definition) is 1. The predicted octanol–water partition coefficient (Wildman–Crippen LogP) is 3.44. The lowest BCUT2D eigenvalue weighted by Crippen LogP contribution is -2.35. The molecule has 1 amide bonds. The van der Waals surface area contributed by atoms with Crippen molar-refractivity contribution in [2.24, 2.45) is 0 Å². The van der Waals surface area contributed by atoms with Crippen LogP contribution in [0.2, 0.25) is 5.02 Å². The van der Waals surface area contributed by atoms with Gasteiger partial charge in [-0.3, -0.25) is 4.79 Å². The average molecular weight is 335 g/mol. The Labute approximate surface area is 141 Å². The van der Waals surface area contributed by atoms with Crippen molar-refractivity contribution in [2.75, 3.05) is 20.6 Å². The molecule has 0 aromatic heterocycles. The topological polar surface area (TPSA) is 32.3 Å². The monoisotopic (exact) mass is 334 g/mol. The van der Waals surface area contributed by atoms with Gasteiger partial charge in [0, 0.05) is 11.6 Å². The first kappa shape index (κ1) is 17.4. The number of carbonyl (C=O) groups is 1. The molecule has 3 nitrogen and oxygen atoms in total. The van der Waals surface area contributed by atoms with Crippen molar-refractivity contribution < 1.29 is 9.18 Å². The van der Waals surface area contributed by atoms with Gasteiger partial charge in [-0.05, 0) is 43.4 Å². The van der Waals surface area contributed by atoms with Crippen LogP contribution in [0.3, 0.4) is 0 Å². The molecule has 23 heavy (non-hydrogen) atoms. The molecule has 2 rings (SSSR count). The molecule has 122 valence electrons. The van der Waals surface area contributed by atoms with E-state index in [-0.39, 0.29) is 24.2 Å². The lowest BCUT2D eigenvalue weighted by molar-refractivity contribution is -0.120. The fourth-order valence-electron chi connectivity index (χ4n) is 2.42. The van der Waals surface area contributed by atoms with E-state index in [1.807, 2.05) is 43.3 Å². The van der Waals surface area contributed by atoms with E-state index >= 15 is 0 Å². The second-order valence-electron chi connectivity index (χ2n) is 5.61. The quantitative estimate of drug-likeness (QED) is 0.877. The van der Waals surface area contributed by atoms with Crippen LogP contribution in [0.25, 0.3) is 0 Å². The zero-order chi connectivity index (χ0) is 16.8. The van der Waals surface area contributed by atoms with Gasteiger partial charge in [-0.25, -0.2) is 4.39 Å². The Kier molecular flexibility index (Phi) is 6.13. The fourth-order valence-corrected chi connectivity index (χ4v) is 2.68. The van der Waals surface area contributed by atoms with Crippen LogP contribution in [0.4, 0.5) is 4.39 Å². The maximum absolute atomic E-state index is 13.2. The lowest BCUT2D eigenvalue weighted by Gasteiger charge is -2.26. The molecule has 2 aromatic rings. The molecule has 0 bridgehead atoms. The number of carbonyl (C=O) groups excluding carboxylic acids is 1. The SMILES string of the molecule is CN(C)C(CNC(=O)Cc1cccc(F)c1)c1ccccc1Cl. The zero-order valence-electron chi connectivity index (χ0n) is 13.2. The summed E-state index contributed by atoms with van der Waals surface area (Å²) in [5.41, 5.74) is 1.62. The highest BCUT2D eigenvalue weighted by molar-refractivity contribution is 6.31. The van der Waals surface area contributed by atoms with Crippen molar-refractivity contribution in [3.8, 4) is 0 Å². The zero-order valence-corrected chi connectivity index (χ0v) is 14.0. The van der Waals surface area contributed by atoms with Crippen molar-refractivity contribution in [3.05, 3.63) is 70.5 Å². The van der Waals surface area contributed by atoms with Gasteiger partial charge in [0.15, 0.2) is 0 Å². The summed E-state index contributed by atoms with van der Waals surface area (Å²) in [6.45, 7) is 0.435. The van der Waals surface area contributed by atoms with Crippen LogP contribution in [-0.2, 0) is 11.2 Å². The summed E-state index contributed by atoms with van der Waals surface area (Å²) in [5, 5.41) is 3.57. The third-order valence-corrected chi connectivity index (χ3v) is 3.98. The van der Waals surface area contributed by atoms with Gasteiger partial charge in [-0.15, -0.1) is 0 Å². The number of likely N-dealkylation sites (N-methyl/N-ethyl adjacent to an activating group) is 1. The van der Waals surface area contributed by atoms with E-state index in [1.54, 1.807) is 12.1 Å². The van der Waals surface area contributed by atoms with E-state index in [2.05, 4.69) is 5.32 Å². The molecule has 0 spiro atoms. The second-order valence-corrected chi connectivity index (χ2v) is 6.02. The fraction of sp³-hybridized carbons (Fsp3) is 0.278. The molecule has 0 aliphatic rings. The van der Waals surface area contributed by atoms with Gasteiger partial charge >= 0.3 is 0 Å². The minimum atomic E-state index is -0.336. The molecule has 0 aliphatic carbocycles. The van der Waals surface area contributed by atoms with Gasteiger partial charge in [0.2, 0.25) is 5.91 Å². The average Bonchev–Trinajstić information content (AvgIpc) is 2.49. The number of halogens is 2. The minimum Gasteiger partial charge on any atom is -0.354 e. The maximum Gasteiger partial charge on any atom is 0.224 e. The highest BCUT2D eigenvalue weighted by Crippen LogP contribution is 2.25. The van der Waals surface area contributed by atoms with E-state index in [4.69, 9.17) is 11.6 Å². The van der Waals surface area contributed by atoms with Crippen LogP contribution in [0, 0.1) is 5.82 Å². The van der Waals surface area contributed by atoms with Crippen LogP contribution >= 0.6 is 11.6 Å². The molecule has 1 unspecified atom stereocenters. The maximum atomic E-state index is 13.2. The molecular weight excluding hydrogens is 315 g/mol. The molecule has 5 heteroatoms. The Bertz CT molecular complexity index is 676. The lowest BCUT2D eigenvalue weighted by atomic mass is 10.1. The minimum absolute atomic E-state index is 0.0276. The smallest absolute Gasteiger partial charge is 0.224 e. The molecule has 0 saturated carbocycles. The number of nitrogens with one attached hydrogen (secondary N) is 1. The predicted molar refractivity (Wildman–Crippen MR) is 91.0 cm³/mol. The molecule has 0 saturated heterocycles. The standard InChI is InChI=1S/C18H20ClFN2O/c1-22(2)17(15-8-3-4-9-16(15)19)12-21-18(23)11-13-6-5-7-14(20)10-13/h3-10,17H,11-12H2,1-2H3,(H,21,23). The van der Waals surface area contributed by atoms with E-state index in [9.17, 15) is 9.18 Å². The molecule has 1 N–H and O–H groups in total. The second kappa shape index (κ2) is 8.09. The summed E-state index contributed by atoms with van der Waals surface area (Å²) in [5.74, 6) is -0.480. The third-order valence-electron chi connectivity index (χ3n) is 3.63. The van der Waals surface area contributed by atoms with E-state index in [0.717, 1.165) is 5.56 Å². The first-order valence-corrected chi connectivity index (χ1v) is 7.77. The van der Waals surface area contributed by atoms with Crippen molar-refractivity contribution in [1.82, 2.24) is 10.2 Å². The summed E-state index contributed by atoms with van der Waals surface area (Å²) in [4.78, 5) is 14.1.